The van der Waals surface area contributed by atoms with E-state index in [0.29, 0.717) is 17.1 Å². The maximum atomic E-state index is 11.9. The fourth-order valence-electron chi connectivity index (χ4n) is 1.38. The molecule has 0 saturated heterocycles. The maximum Gasteiger partial charge on any atom is 0.258 e. The number of aromatic nitrogens is 2. The molecule has 1 aromatic carbocycles. The van der Waals surface area contributed by atoms with Crippen molar-refractivity contribution in [2.45, 2.75) is 6.92 Å². The Labute approximate surface area is 103 Å². The molecule has 4 N–H and O–H groups in total. The van der Waals surface area contributed by atoms with Gasteiger partial charge in [0.2, 0.25) is 0 Å². The number of rotatable bonds is 2. The number of anilines is 2. The van der Waals surface area contributed by atoms with Crippen LogP contribution in [-0.4, -0.2) is 16.1 Å². The molecule has 6 heteroatoms. The molecule has 88 valence electrons. The predicted octanol–water partition coefficient (Wildman–Crippen LogP) is 2.21. The summed E-state index contributed by atoms with van der Waals surface area (Å²) in [6.07, 6.45) is 1.62. The second-order valence-electron chi connectivity index (χ2n) is 3.59. The number of carbonyl (C=O) groups is 1. The number of halogens is 1. The van der Waals surface area contributed by atoms with Crippen molar-refractivity contribution >= 4 is 29.0 Å². The van der Waals surface area contributed by atoms with Crippen LogP contribution in [0.25, 0.3) is 0 Å². The fraction of sp³-hybridized carbons (Fsp3) is 0.0909. The van der Waals surface area contributed by atoms with Gasteiger partial charge in [0.05, 0.1) is 22.5 Å². The molecule has 0 aliphatic carbocycles. The molecule has 0 atom stereocenters. The van der Waals surface area contributed by atoms with Crippen molar-refractivity contribution in [2.24, 2.45) is 0 Å². The Morgan fingerprint density at radius 1 is 1.53 bits per heavy atom. The average molecular weight is 251 g/mol. The third kappa shape index (κ3) is 2.24. The number of nitrogens with one attached hydrogen (secondary N) is 2. The minimum atomic E-state index is -0.324. The quantitative estimate of drug-likeness (QED) is 0.715. The summed E-state index contributed by atoms with van der Waals surface area (Å²) in [6, 6.07) is 4.93. The van der Waals surface area contributed by atoms with Gasteiger partial charge in [0.1, 0.15) is 5.82 Å². The van der Waals surface area contributed by atoms with Crippen LogP contribution in [0.5, 0.6) is 0 Å². The van der Waals surface area contributed by atoms with E-state index in [9.17, 15) is 4.79 Å². The number of benzene rings is 1. The molecule has 5 nitrogen and oxygen atoms in total. The van der Waals surface area contributed by atoms with Gasteiger partial charge in [0, 0.05) is 5.56 Å². The molecule has 2 aromatic rings. The van der Waals surface area contributed by atoms with Crippen LogP contribution in [0.15, 0.2) is 24.4 Å². The van der Waals surface area contributed by atoms with E-state index >= 15 is 0 Å². The third-order valence-electron chi connectivity index (χ3n) is 2.34. The zero-order valence-electron chi connectivity index (χ0n) is 9.12. The van der Waals surface area contributed by atoms with Crippen molar-refractivity contribution < 1.29 is 4.79 Å². The SMILES string of the molecule is Cc1cn[nH]c1NC(=O)c1cccc(N)c1Cl. The van der Waals surface area contributed by atoms with E-state index in [4.69, 9.17) is 17.3 Å². The summed E-state index contributed by atoms with van der Waals surface area (Å²) in [5.74, 6) is 0.225. The van der Waals surface area contributed by atoms with Crippen molar-refractivity contribution in [1.82, 2.24) is 10.2 Å². The van der Waals surface area contributed by atoms with Crippen LogP contribution in [0, 0.1) is 6.92 Å². The van der Waals surface area contributed by atoms with E-state index in [2.05, 4.69) is 15.5 Å². The van der Waals surface area contributed by atoms with E-state index in [1.165, 1.54) is 0 Å². The lowest BCUT2D eigenvalue weighted by molar-refractivity contribution is 0.102. The van der Waals surface area contributed by atoms with Gasteiger partial charge in [-0.15, -0.1) is 0 Å². The van der Waals surface area contributed by atoms with E-state index in [0.717, 1.165) is 5.56 Å². The number of hydrogen-bond donors (Lipinski definition) is 3. The Balaban J connectivity index is 2.27. The Hall–Kier alpha value is -2.01. The van der Waals surface area contributed by atoms with E-state index in [1.807, 2.05) is 6.92 Å². The number of aromatic amines is 1. The number of nitrogens with two attached hydrogens (primary N) is 1. The first-order valence-corrected chi connectivity index (χ1v) is 5.32. The van der Waals surface area contributed by atoms with E-state index < -0.39 is 0 Å². The molecule has 17 heavy (non-hydrogen) atoms. The molecule has 2 rings (SSSR count). The van der Waals surface area contributed by atoms with Crippen molar-refractivity contribution in [1.29, 1.82) is 0 Å². The molecule has 0 bridgehead atoms. The van der Waals surface area contributed by atoms with Crippen LogP contribution in [0.3, 0.4) is 0 Å². The summed E-state index contributed by atoms with van der Waals surface area (Å²) in [5, 5.41) is 9.42. The minimum Gasteiger partial charge on any atom is -0.398 e. The van der Waals surface area contributed by atoms with E-state index in [-0.39, 0.29) is 10.9 Å². The van der Waals surface area contributed by atoms with Gasteiger partial charge in [-0.25, -0.2) is 0 Å². The number of aryl methyl sites for hydroxylation is 1. The zero-order chi connectivity index (χ0) is 12.4. The molecule has 0 radical (unpaired) electrons. The van der Waals surface area contributed by atoms with Gasteiger partial charge in [-0.2, -0.15) is 5.10 Å². The molecular weight excluding hydrogens is 240 g/mol. The van der Waals surface area contributed by atoms with Crippen LogP contribution >= 0.6 is 11.6 Å². The van der Waals surface area contributed by atoms with Gasteiger partial charge in [-0.05, 0) is 19.1 Å². The molecule has 0 fully saturated rings. The average Bonchev–Trinajstić information content (AvgIpc) is 2.68. The first kappa shape index (κ1) is 11.5. The lowest BCUT2D eigenvalue weighted by Crippen LogP contribution is -2.14. The number of carbonyl (C=O) groups excluding carboxylic acids is 1. The number of nitrogens with zero attached hydrogens (tertiary/aromatic N) is 1. The van der Waals surface area contributed by atoms with Crippen LogP contribution < -0.4 is 11.1 Å². The standard InChI is InChI=1S/C11H11ClN4O/c1-6-5-14-16-10(6)15-11(17)7-3-2-4-8(13)9(7)12/h2-5H,13H2,1H3,(H2,14,15,16,17). The molecule has 0 saturated carbocycles. The normalized spacial score (nSPS) is 10.2. The lowest BCUT2D eigenvalue weighted by atomic mass is 10.2. The molecular formula is C11H11ClN4O. The Kier molecular flexibility index (Phi) is 3.01. The Morgan fingerprint density at radius 2 is 2.29 bits per heavy atom. The van der Waals surface area contributed by atoms with Crippen LogP contribution in [0.2, 0.25) is 5.02 Å². The molecule has 1 amide bonds. The Morgan fingerprint density at radius 3 is 2.94 bits per heavy atom. The summed E-state index contributed by atoms with van der Waals surface area (Å²) >= 11 is 5.96. The number of nitrogen functional groups attached to an aromatic ring is 1. The molecule has 0 aliphatic heterocycles. The van der Waals surface area contributed by atoms with Crippen LogP contribution in [0.1, 0.15) is 15.9 Å². The summed E-state index contributed by atoms with van der Waals surface area (Å²) in [4.78, 5) is 11.9. The molecule has 0 unspecified atom stereocenters. The highest BCUT2D eigenvalue weighted by molar-refractivity contribution is 6.36. The number of amides is 1. The van der Waals surface area contributed by atoms with Gasteiger partial charge < -0.3 is 11.1 Å². The second kappa shape index (κ2) is 4.47. The van der Waals surface area contributed by atoms with Crippen molar-refractivity contribution in [3.05, 3.63) is 40.5 Å². The highest BCUT2D eigenvalue weighted by Crippen LogP contribution is 2.24. The highest BCUT2D eigenvalue weighted by Gasteiger charge is 2.13. The smallest absolute Gasteiger partial charge is 0.258 e. The minimum absolute atomic E-state index is 0.252. The summed E-state index contributed by atoms with van der Waals surface area (Å²) in [6.45, 7) is 1.83. The van der Waals surface area contributed by atoms with Crippen molar-refractivity contribution in [3.63, 3.8) is 0 Å². The second-order valence-corrected chi connectivity index (χ2v) is 3.97. The lowest BCUT2D eigenvalue weighted by Gasteiger charge is -2.07. The first-order chi connectivity index (χ1) is 8.09. The topological polar surface area (TPSA) is 83.8 Å². The number of hydrogen-bond acceptors (Lipinski definition) is 3. The van der Waals surface area contributed by atoms with Gasteiger partial charge >= 0.3 is 0 Å². The zero-order valence-corrected chi connectivity index (χ0v) is 9.88. The largest absolute Gasteiger partial charge is 0.398 e. The first-order valence-electron chi connectivity index (χ1n) is 4.95. The predicted molar refractivity (Wildman–Crippen MR) is 67.1 cm³/mol. The Bertz CT molecular complexity index is 564. The van der Waals surface area contributed by atoms with Gasteiger partial charge in [-0.1, -0.05) is 17.7 Å². The van der Waals surface area contributed by atoms with Crippen LogP contribution in [-0.2, 0) is 0 Å². The molecule has 1 heterocycles. The third-order valence-corrected chi connectivity index (χ3v) is 2.76. The van der Waals surface area contributed by atoms with Gasteiger partial charge in [-0.3, -0.25) is 9.89 Å². The summed E-state index contributed by atoms with van der Waals surface area (Å²) in [7, 11) is 0. The number of H-pyrrole nitrogens is 1. The van der Waals surface area contributed by atoms with Crippen molar-refractivity contribution in [2.75, 3.05) is 11.1 Å². The monoisotopic (exact) mass is 250 g/mol. The fourth-order valence-corrected chi connectivity index (χ4v) is 1.59. The summed E-state index contributed by atoms with van der Waals surface area (Å²) in [5.41, 5.74) is 7.18. The van der Waals surface area contributed by atoms with Crippen molar-refractivity contribution in [3.8, 4) is 0 Å². The summed E-state index contributed by atoms with van der Waals surface area (Å²) < 4.78 is 0. The molecule has 0 spiro atoms. The molecule has 0 aliphatic rings. The van der Waals surface area contributed by atoms with Gasteiger partial charge in [0.25, 0.3) is 5.91 Å². The van der Waals surface area contributed by atoms with E-state index in [1.54, 1.807) is 24.4 Å². The highest BCUT2D eigenvalue weighted by atomic mass is 35.5. The van der Waals surface area contributed by atoms with Crippen LogP contribution in [0.4, 0.5) is 11.5 Å². The maximum absolute atomic E-state index is 11.9. The van der Waals surface area contributed by atoms with Gasteiger partial charge in [0.15, 0.2) is 0 Å². The molecule has 1 aromatic heterocycles.